The van der Waals surface area contributed by atoms with E-state index in [0.717, 1.165) is 12.8 Å². The van der Waals surface area contributed by atoms with Crippen molar-refractivity contribution in [2.75, 3.05) is 0 Å². The van der Waals surface area contributed by atoms with Crippen LogP contribution >= 0.6 is 0 Å². The molecule has 2 heteroatoms. The fourth-order valence-corrected chi connectivity index (χ4v) is 3.13. The van der Waals surface area contributed by atoms with E-state index in [9.17, 15) is 9.90 Å². The van der Waals surface area contributed by atoms with Gasteiger partial charge in [0.25, 0.3) is 0 Å². The van der Waals surface area contributed by atoms with E-state index in [1.165, 1.54) is 96.3 Å². The molecule has 0 bridgehead atoms. The lowest BCUT2D eigenvalue weighted by atomic mass is 10.0. The first-order chi connectivity index (χ1) is 11.3. The van der Waals surface area contributed by atoms with Gasteiger partial charge in [0.15, 0.2) is 0 Å². The predicted molar refractivity (Wildman–Crippen MR) is 100 cm³/mol. The van der Waals surface area contributed by atoms with E-state index < -0.39 is 6.10 Å². The van der Waals surface area contributed by atoms with Gasteiger partial charge in [-0.1, -0.05) is 110 Å². The number of rotatable bonds is 19. The number of unbranched alkanes of at least 4 members (excludes halogenated alkanes) is 15. The summed E-state index contributed by atoms with van der Waals surface area (Å²) in [6.45, 7) is 2.28. The summed E-state index contributed by atoms with van der Waals surface area (Å²) in [6, 6.07) is 0. The number of carbonyl (C=O) groups excluding carboxylic acids is 1. The third kappa shape index (κ3) is 19.6. The van der Waals surface area contributed by atoms with Gasteiger partial charge in [-0.3, -0.25) is 4.79 Å². The van der Waals surface area contributed by atoms with Crippen LogP contribution in [0.2, 0.25) is 0 Å². The molecule has 0 heterocycles. The van der Waals surface area contributed by atoms with E-state index in [1.807, 2.05) is 0 Å². The highest BCUT2D eigenvalue weighted by Crippen LogP contribution is 2.14. The predicted octanol–water partition coefficient (Wildman–Crippen LogP) is 6.50. The van der Waals surface area contributed by atoms with Crippen LogP contribution in [0.4, 0.5) is 0 Å². The van der Waals surface area contributed by atoms with E-state index in [4.69, 9.17) is 0 Å². The lowest BCUT2D eigenvalue weighted by Crippen LogP contribution is -2.06. The Bertz CT molecular complexity index is 228. The molecule has 0 aliphatic rings. The van der Waals surface area contributed by atoms with Crippen LogP contribution in [-0.4, -0.2) is 17.5 Å². The molecule has 0 rings (SSSR count). The average Bonchev–Trinajstić information content (AvgIpc) is 2.54. The number of aliphatic hydroxyl groups is 1. The maximum Gasteiger partial charge on any atom is 0.201 e. The zero-order chi connectivity index (χ0) is 17.0. The minimum Gasteiger partial charge on any atom is -0.393 e. The summed E-state index contributed by atoms with van der Waals surface area (Å²) in [6.07, 6.45) is 24.1. The fraction of sp³-hybridized carbons (Fsp3) is 0.952. The number of aliphatic hydroxyl groups excluding tert-OH is 1. The zero-order valence-corrected chi connectivity index (χ0v) is 15.7. The highest BCUT2D eigenvalue weighted by atomic mass is 16.3. The van der Waals surface area contributed by atoms with Gasteiger partial charge in [-0.05, 0) is 6.42 Å². The van der Waals surface area contributed by atoms with Crippen LogP contribution in [0, 0.1) is 0 Å². The second-order valence-electron chi connectivity index (χ2n) is 7.09. The normalized spacial score (nSPS) is 12.4. The summed E-state index contributed by atoms with van der Waals surface area (Å²) < 4.78 is 0. The number of hydrogen-bond donors (Lipinski definition) is 1. The molecule has 0 spiro atoms. The van der Waals surface area contributed by atoms with Crippen LogP contribution in [-0.2, 0) is 4.79 Å². The van der Waals surface area contributed by atoms with E-state index in [2.05, 4.69) is 6.92 Å². The first-order valence-electron chi connectivity index (χ1n) is 10.3. The molecule has 1 radical (unpaired) electrons. The summed E-state index contributed by atoms with van der Waals surface area (Å²) in [4.78, 5) is 10.1. The summed E-state index contributed by atoms with van der Waals surface area (Å²) in [7, 11) is 0. The smallest absolute Gasteiger partial charge is 0.201 e. The molecule has 0 aromatic heterocycles. The Morgan fingerprint density at radius 3 is 1.35 bits per heavy atom. The molecule has 137 valence electrons. The molecular formula is C21H41O2. The van der Waals surface area contributed by atoms with Gasteiger partial charge in [-0.25, -0.2) is 0 Å². The summed E-state index contributed by atoms with van der Waals surface area (Å²) in [5, 5.41) is 9.40. The fourth-order valence-electron chi connectivity index (χ4n) is 3.13. The van der Waals surface area contributed by atoms with Crippen molar-refractivity contribution in [1.29, 1.82) is 0 Å². The molecular weight excluding hydrogens is 284 g/mol. The maximum atomic E-state index is 10.1. The monoisotopic (exact) mass is 325 g/mol. The van der Waals surface area contributed by atoms with Crippen molar-refractivity contribution in [3.8, 4) is 0 Å². The second kappa shape index (κ2) is 19.7. The van der Waals surface area contributed by atoms with Crippen molar-refractivity contribution in [3.63, 3.8) is 0 Å². The minimum atomic E-state index is -0.459. The van der Waals surface area contributed by atoms with Gasteiger partial charge >= 0.3 is 0 Å². The molecule has 0 aromatic carbocycles. The average molecular weight is 326 g/mol. The third-order valence-corrected chi connectivity index (χ3v) is 4.71. The second-order valence-corrected chi connectivity index (χ2v) is 7.09. The highest BCUT2D eigenvalue weighted by molar-refractivity contribution is 5.51. The molecule has 2 nitrogen and oxygen atoms in total. The van der Waals surface area contributed by atoms with Crippen LogP contribution in [0.25, 0.3) is 0 Å². The number of hydrogen-bond acceptors (Lipinski definition) is 2. The van der Waals surface area contributed by atoms with Crippen LogP contribution in [0.5, 0.6) is 0 Å². The zero-order valence-electron chi connectivity index (χ0n) is 15.7. The molecule has 0 fully saturated rings. The molecule has 1 N–H and O–H groups in total. The van der Waals surface area contributed by atoms with E-state index >= 15 is 0 Å². The van der Waals surface area contributed by atoms with Crippen LogP contribution in [0.3, 0.4) is 0 Å². The standard InChI is InChI=1S/C21H41O2/c1-2-3-4-5-6-7-8-9-10-11-12-13-14-15-16-17-18-21(23)19-20-22/h21,23H,2-19H2,1H3. The first-order valence-corrected chi connectivity index (χ1v) is 10.3. The van der Waals surface area contributed by atoms with Gasteiger partial charge in [0.1, 0.15) is 0 Å². The molecule has 0 amide bonds. The van der Waals surface area contributed by atoms with E-state index in [0.29, 0.717) is 0 Å². The van der Waals surface area contributed by atoms with Gasteiger partial charge in [0.2, 0.25) is 6.29 Å². The van der Waals surface area contributed by atoms with Crippen molar-refractivity contribution >= 4 is 6.29 Å². The summed E-state index contributed by atoms with van der Waals surface area (Å²) >= 11 is 0. The van der Waals surface area contributed by atoms with Crippen LogP contribution < -0.4 is 0 Å². The van der Waals surface area contributed by atoms with Crippen molar-refractivity contribution < 1.29 is 9.90 Å². The lowest BCUT2D eigenvalue weighted by molar-refractivity contribution is 0.167. The van der Waals surface area contributed by atoms with Gasteiger partial charge in [-0.2, -0.15) is 0 Å². The SMILES string of the molecule is CCCCCCCCCCCCCCCCCCC(O)C[C]=O. The molecule has 0 aliphatic heterocycles. The summed E-state index contributed by atoms with van der Waals surface area (Å²) in [5.74, 6) is 0. The molecule has 0 aromatic rings. The minimum absolute atomic E-state index is 0.179. The van der Waals surface area contributed by atoms with Crippen molar-refractivity contribution in [3.05, 3.63) is 0 Å². The molecule has 23 heavy (non-hydrogen) atoms. The quantitative estimate of drug-likeness (QED) is 0.275. The van der Waals surface area contributed by atoms with Crippen LogP contribution in [0.15, 0.2) is 0 Å². The maximum absolute atomic E-state index is 10.1. The Balaban J connectivity index is 3.01. The molecule has 1 atom stereocenters. The van der Waals surface area contributed by atoms with Gasteiger partial charge < -0.3 is 5.11 Å². The van der Waals surface area contributed by atoms with E-state index in [-0.39, 0.29) is 6.42 Å². The Morgan fingerprint density at radius 2 is 1.00 bits per heavy atom. The molecule has 0 aliphatic carbocycles. The topological polar surface area (TPSA) is 37.3 Å². The molecule has 0 saturated heterocycles. The molecule has 0 saturated carbocycles. The summed E-state index contributed by atoms with van der Waals surface area (Å²) in [5.41, 5.74) is 0. The van der Waals surface area contributed by atoms with E-state index in [1.54, 1.807) is 6.29 Å². The highest BCUT2D eigenvalue weighted by Gasteiger charge is 2.02. The largest absolute Gasteiger partial charge is 0.393 e. The first kappa shape index (κ1) is 22.6. The van der Waals surface area contributed by atoms with Gasteiger partial charge in [-0.15, -0.1) is 0 Å². The Hall–Kier alpha value is -0.370. The van der Waals surface area contributed by atoms with Crippen LogP contribution in [0.1, 0.15) is 122 Å². The third-order valence-electron chi connectivity index (χ3n) is 4.71. The molecule has 1 unspecified atom stereocenters. The van der Waals surface area contributed by atoms with Gasteiger partial charge in [0, 0.05) is 6.42 Å². The Labute approximate surface area is 145 Å². The van der Waals surface area contributed by atoms with Crippen molar-refractivity contribution in [1.82, 2.24) is 0 Å². The van der Waals surface area contributed by atoms with Gasteiger partial charge in [0.05, 0.1) is 6.10 Å². The van der Waals surface area contributed by atoms with Crippen molar-refractivity contribution in [2.45, 2.75) is 129 Å². The Kier molecular flexibility index (Phi) is 19.4. The Morgan fingerprint density at radius 1 is 0.652 bits per heavy atom. The van der Waals surface area contributed by atoms with Crippen molar-refractivity contribution in [2.24, 2.45) is 0 Å². The lowest BCUT2D eigenvalue weighted by Gasteiger charge is -2.06.